The molecule has 1 saturated heterocycles. The van der Waals surface area contributed by atoms with E-state index in [1.165, 1.54) is 0 Å². The van der Waals surface area contributed by atoms with E-state index in [0.29, 0.717) is 5.69 Å². The summed E-state index contributed by atoms with van der Waals surface area (Å²) in [5.74, 6) is 0. The van der Waals surface area contributed by atoms with Gasteiger partial charge in [0.15, 0.2) is 5.69 Å². The Morgan fingerprint density at radius 2 is 2.13 bits per heavy atom. The third-order valence-corrected chi connectivity index (χ3v) is 2.57. The number of nitrogens with zero attached hydrogens (tertiary/aromatic N) is 1. The second-order valence-corrected chi connectivity index (χ2v) is 3.71. The van der Waals surface area contributed by atoms with Gasteiger partial charge in [0, 0.05) is 6.04 Å². The van der Waals surface area contributed by atoms with E-state index in [9.17, 15) is 13.2 Å². The summed E-state index contributed by atoms with van der Waals surface area (Å²) in [5.41, 5.74) is -0.313. The first kappa shape index (κ1) is 10.5. The maximum Gasteiger partial charge on any atom is 0.435 e. The minimum atomic E-state index is -4.36. The number of alkyl halides is 3. The van der Waals surface area contributed by atoms with E-state index in [1.807, 2.05) is 0 Å². The predicted octanol–water partition coefficient (Wildman–Crippen LogP) is 2.24. The molecule has 1 aliphatic rings. The monoisotopic (exact) mass is 219 g/mol. The van der Waals surface area contributed by atoms with Gasteiger partial charge in [-0.05, 0) is 25.5 Å². The van der Waals surface area contributed by atoms with Crippen molar-refractivity contribution in [1.29, 1.82) is 0 Å². The summed E-state index contributed by atoms with van der Waals surface area (Å²) in [6.07, 6.45) is -1.38. The van der Waals surface area contributed by atoms with Crippen LogP contribution in [-0.4, -0.2) is 16.7 Å². The lowest BCUT2D eigenvalue weighted by Crippen LogP contribution is -2.26. The van der Waals surface area contributed by atoms with Crippen molar-refractivity contribution in [2.75, 3.05) is 6.54 Å². The van der Waals surface area contributed by atoms with E-state index in [2.05, 4.69) is 15.5 Å². The van der Waals surface area contributed by atoms with Crippen LogP contribution in [0.3, 0.4) is 0 Å². The Hall–Kier alpha value is -1.04. The molecule has 15 heavy (non-hydrogen) atoms. The molecule has 1 aliphatic heterocycles. The van der Waals surface area contributed by atoms with Crippen molar-refractivity contribution in [3.8, 4) is 0 Å². The fourth-order valence-corrected chi connectivity index (χ4v) is 1.78. The Balaban J connectivity index is 2.12. The molecule has 84 valence electrons. The highest BCUT2D eigenvalue weighted by atomic mass is 19.4. The van der Waals surface area contributed by atoms with Crippen molar-refractivity contribution in [3.05, 3.63) is 17.5 Å². The first-order chi connectivity index (χ1) is 7.07. The molecule has 0 spiro atoms. The number of aromatic amines is 1. The number of aromatic nitrogens is 2. The molecule has 2 N–H and O–H groups in total. The number of piperidine rings is 1. The molecule has 1 aromatic rings. The largest absolute Gasteiger partial charge is 0.435 e. The molecule has 0 radical (unpaired) electrons. The molecule has 2 heterocycles. The van der Waals surface area contributed by atoms with Gasteiger partial charge >= 0.3 is 6.18 Å². The molecule has 0 bridgehead atoms. The molecular formula is C9H12F3N3. The maximum atomic E-state index is 12.3. The summed E-state index contributed by atoms with van der Waals surface area (Å²) in [7, 11) is 0. The normalized spacial score (nSPS) is 23.0. The molecule has 1 atom stereocenters. The Morgan fingerprint density at radius 3 is 2.67 bits per heavy atom. The van der Waals surface area contributed by atoms with E-state index in [0.717, 1.165) is 31.9 Å². The van der Waals surface area contributed by atoms with Crippen LogP contribution in [0.5, 0.6) is 0 Å². The summed E-state index contributed by atoms with van der Waals surface area (Å²) in [6, 6.07) is 1.07. The third kappa shape index (κ3) is 2.31. The van der Waals surface area contributed by atoms with Crippen molar-refractivity contribution in [1.82, 2.24) is 15.5 Å². The highest BCUT2D eigenvalue weighted by Crippen LogP contribution is 2.30. The van der Waals surface area contributed by atoms with Gasteiger partial charge in [0.1, 0.15) is 0 Å². The molecule has 6 heteroatoms. The van der Waals surface area contributed by atoms with Crippen LogP contribution in [0.2, 0.25) is 0 Å². The number of H-pyrrole nitrogens is 1. The van der Waals surface area contributed by atoms with E-state index in [-0.39, 0.29) is 6.04 Å². The topological polar surface area (TPSA) is 40.7 Å². The zero-order valence-corrected chi connectivity index (χ0v) is 8.06. The van der Waals surface area contributed by atoms with Crippen LogP contribution < -0.4 is 5.32 Å². The van der Waals surface area contributed by atoms with E-state index >= 15 is 0 Å². The zero-order valence-electron chi connectivity index (χ0n) is 8.06. The summed E-state index contributed by atoms with van der Waals surface area (Å²) < 4.78 is 36.8. The lowest BCUT2D eigenvalue weighted by Gasteiger charge is -2.21. The highest BCUT2D eigenvalue weighted by Gasteiger charge is 2.34. The second-order valence-electron chi connectivity index (χ2n) is 3.71. The number of rotatable bonds is 1. The Bertz CT molecular complexity index is 326. The van der Waals surface area contributed by atoms with E-state index in [1.54, 1.807) is 0 Å². The van der Waals surface area contributed by atoms with Crippen LogP contribution in [-0.2, 0) is 6.18 Å². The SMILES string of the molecule is FC(F)(F)c1cc([C@@H]2CCCCN2)[nH]n1. The Morgan fingerprint density at radius 1 is 1.33 bits per heavy atom. The van der Waals surface area contributed by atoms with E-state index in [4.69, 9.17) is 0 Å². The first-order valence-corrected chi connectivity index (χ1v) is 4.93. The van der Waals surface area contributed by atoms with Crippen molar-refractivity contribution in [2.45, 2.75) is 31.5 Å². The van der Waals surface area contributed by atoms with Gasteiger partial charge in [0.25, 0.3) is 0 Å². The Labute approximate surface area is 85.1 Å². The summed E-state index contributed by atoms with van der Waals surface area (Å²) in [5, 5.41) is 8.88. The average molecular weight is 219 g/mol. The molecule has 0 aromatic carbocycles. The fourth-order valence-electron chi connectivity index (χ4n) is 1.78. The van der Waals surface area contributed by atoms with Gasteiger partial charge in [-0.2, -0.15) is 18.3 Å². The van der Waals surface area contributed by atoms with Crippen LogP contribution in [0.4, 0.5) is 13.2 Å². The minimum absolute atomic E-state index is 0.0117. The Kier molecular flexibility index (Phi) is 2.68. The number of nitrogens with one attached hydrogen (secondary N) is 2. The fraction of sp³-hybridized carbons (Fsp3) is 0.667. The second kappa shape index (κ2) is 3.84. The molecule has 3 nitrogen and oxygen atoms in total. The minimum Gasteiger partial charge on any atom is -0.309 e. The molecule has 0 amide bonds. The van der Waals surface area contributed by atoms with Gasteiger partial charge in [-0.25, -0.2) is 0 Å². The average Bonchev–Trinajstić information content (AvgIpc) is 2.67. The van der Waals surface area contributed by atoms with Crippen molar-refractivity contribution >= 4 is 0 Å². The number of hydrogen-bond acceptors (Lipinski definition) is 2. The number of hydrogen-bond donors (Lipinski definition) is 2. The van der Waals surface area contributed by atoms with Crippen LogP contribution in [0.15, 0.2) is 6.07 Å². The molecule has 1 fully saturated rings. The smallest absolute Gasteiger partial charge is 0.309 e. The lowest BCUT2D eigenvalue weighted by molar-refractivity contribution is -0.141. The molecule has 0 unspecified atom stereocenters. The molecule has 0 aliphatic carbocycles. The van der Waals surface area contributed by atoms with Gasteiger partial charge in [-0.3, -0.25) is 5.10 Å². The van der Waals surface area contributed by atoms with Crippen LogP contribution in [0.1, 0.15) is 36.7 Å². The summed E-state index contributed by atoms with van der Waals surface area (Å²) >= 11 is 0. The molecule has 2 rings (SSSR count). The van der Waals surface area contributed by atoms with Gasteiger partial charge in [0.2, 0.25) is 0 Å². The summed E-state index contributed by atoms with van der Waals surface area (Å²) in [4.78, 5) is 0. The third-order valence-electron chi connectivity index (χ3n) is 2.57. The van der Waals surface area contributed by atoms with Gasteiger partial charge in [-0.15, -0.1) is 0 Å². The van der Waals surface area contributed by atoms with Crippen molar-refractivity contribution < 1.29 is 13.2 Å². The zero-order chi connectivity index (χ0) is 10.9. The lowest BCUT2D eigenvalue weighted by atomic mass is 10.0. The maximum absolute atomic E-state index is 12.3. The van der Waals surface area contributed by atoms with Crippen molar-refractivity contribution in [3.63, 3.8) is 0 Å². The highest BCUT2D eigenvalue weighted by molar-refractivity contribution is 5.15. The first-order valence-electron chi connectivity index (χ1n) is 4.93. The number of halogens is 3. The standard InChI is InChI=1S/C9H12F3N3/c10-9(11,12)8-5-7(14-15-8)6-3-1-2-4-13-6/h5-6,13H,1-4H2,(H,14,15)/t6-/m0/s1. The molecule has 0 saturated carbocycles. The quantitative estimate of drug-likeness (QED) is 0.760. The van der Waals surface area contributed by atoms with Crippen LogP contribution in [0, 0.1) is 0 Å². The van der Waals surface area contributed by atoms with Gasteiger partial charge in [0.05, 0.1) is 5.69 Å². The molecule has 1 aromatic heterocycles. The molecular weight excluding hydrogens is 207 g/mol. The van der Waals surface area contributed by atoms with Gasteiger partial charge < -0.3 is 5.32 Å². The van der Waals surface area contributed by atoms with Crippen molar-refractivity contribution in [2.24, 2.45) is 0 Å². The van der Waals surface area contributed by atoms with Crippen LogP contribution in [0.25, 0.3) is 0 Å². The van der Waals surface area contributed by atoms with E-state index < -0.39 is 11.9 Å². The van der Waals surface area contributed by atoms with Crippen LogP contribution >= 0.6 is 0 Å². The summed E-state index contributed by atoms with van der Waals surface area (Å²) in [6.45, 7) is 0.852. The predicted molar refractivity (Wildman–Crippen MR) is 48.2 cm³/mol. The van der Waals surface area contributed by atoms with Gasteiger partial charge in [-0.1, -0.05) is 6.42 Å².